The minimum Gasteiger partial charge on any atom is -0.493 e. The van der Waals surface area contributed by atoms with Crippen LogP contribution in [0.4, 0.5) is 36.8 Å². The fourth-order valence-corrected chi connectivity index (χ4v) is 10.6. The molecule has 0 spiro atoms. The van der Waals surface area contributed by atoms with Gasteiger partial charge < -0.3 is 35.2 Å². The molecule has 7 aromatic carbocycles. The number of carbonyl (C=O) groups is 2. The van der Waals surface area contributed by atoms with Crippen molar-refractivity contribution in [2.75, 3.05) is 38.1 Å². The van der Waals surface area contributed by atoms with E-state index in [0.717, 1.165) is 57.4 Å². The minimum absolute atomic E-state index is 0. The number of hydrogen-bond donors (Lipinski definition) is 4. The molecule has 0 fully saturated rings. The van der Waals surface area contributed by atoms with Crippen molar-refractivity contribution < 1.29 is 68.0 Å². The number of para-hydroxylation sites is 1. The largest absolute Gasteiger partial charge is 0.493 e. The molecule has 86 heavy (non-hydrogen) atoms. The molecular weight excluding hydrogens is 1140 g/mol. The Kier molecular flexibility index (Phi) is 22.7. The molecule has 1 amide bonds. The van der Waals surface area contributed by atoms with Gasteiger partial charge in [0, 0.05) is 18.7 Å². The van der Waals surface area contributed by atoms with Crippen LogP contribution < -0.4 is 41.3 Å². The second-order valence-corrected chi connectivity index (χ2v) is 22.5. The van der Waals surface area contributed by atoms with Crippen LogP contribution in [0.5, 0.6) is 23.0 Å². The molecule has 0 saturated carbocycles. The van der Waals surface area contributed by atoms with Crippen molar-refractivity contribution in [2.45, 2.75) is 76.9 Å². The van der Waals surface area contributed by atoms with E-state index < -0.39 is 62.0 Å². The van der Waals surface area contributed by atoms with Gasteiger partial charge in [0.1, 0.15) is 18.8 Å². The fourth-order valence-electron chi connectivity index (χ4n) is 9.31. The number of halogens is 6. The number of nitrogens with two attached hydrogens (primary N) is 1. The van der Waals surface area contributed by atoms with Crippen LogP contribution in [0.15, 0.2) is 170 Å². The molecular formula is C64H68F6N6O9S. The Morgan fingerprint density at radius 3 is 1.63 bits per heavy atom. The van der Waals surface area contributed by atoms with Crippen molar-refractivity contribution in [1.29, 1.82) is 5.41 Å². The lowest BCUT2D eigenvalue weighted by atomic mass is 9.92. The Morgan fingerprint density at radius 2 is 1.14 bits per heavy atom. The molecule has 0 bridgehead atoms. The maximum Gasteiger partial charge on any atom is 0.417 e. The summed E-state index contributed by atoms with van der Waals surface area (Å²) in [6, 6.07) is 44.4. The van der Waals surface area contributed by atoms with E-state index in [0.29, 0.717) is 60.4 Å². The predicted molar refractivity (Wildman–Crippen MR) is 318 cm³/mol. The number of hydrazine groups is 1. The summed E-state index contributed by atoms with van der Waals surface area (Å²) in [4.78, 5) is 24.9. The van der Waals surface area contributed by atoms with E-state index in [1.807, 2.05) is 78.9 Å². The summed E-state index contributed by atoms with van der Waals surface area (Å²) in [5, 5.41) is 11.8. The zero-order chi connectivity index (χ0) is 61.5. The van der Waals surface area contributed by atoms with Crippen LogP contribution in [0.25, 0.3) is 6.08 Å². The molecule has 2 unspecified atom stereocenters. The third kappa shape index (κ3) is 17.7. The molecule has 7 N–H and O–H groups in total. The molecule has 0 aromatic heterocycles. The molecule has 0 radical (unpaired) electrons. The molecule has 9 rings (SSSR count). The first-order valence-corrected chi connectivity index (χ1v) is 28.4. The number of carbonyl (C=O) groups excluding carboxylic acids is 2. The number of alkyl halides is 6. The summed E-state index contributed by atoms with van der Waals surface area (Å²) in [6.45, 7) is 6.91. The van der Waals surface area contributed by atoms with Crippen molar-refractivity contribution in [3.05, 3.63) is 226 Å². The fraction of sp³-hybridized carbons (Fsp3) is 0.266. The Bertz CT molecular complexity index is 3550. The highest BCUT2D eigenvalue weighted by Gasteiger charge is 2.40. The van der Waals surface area contributed by atoms with Gasteiger partial charge in [0.15, 0.2) is 29.3 Å². The molecule has 7 aromatic rings. The van der Waals surface area contributed by atoms with E-state index in [4.69, 9.17) is 34.9 Å². The molecule has 0 aliphatic carbocycles. The number of nitrogens with zero attached hydrogens (tertiary/aromatic N) is 2. The number of amidine groups is 1. The first kappa shape index (κ1) is 66.4. The van der Waals surface area contributed by atoms with Crippen molar-refractivity contribution >= 4 is 39.1 Å². The van der Waals surface area contributed by atoms with Gasteiger partial charge in [-0.05, 0) is 121 Å². The number of anilines is 1. The lowest BCUT2D eigenvalue weighted by Gasteiger charge is -2.38. The average Bonchev–Trinajstić information content (AvgIpc) is 0.906. The van der Waals surface area contributed by atoms with Crippen LogP contribution >= 0.6 is 0 Å². The van der Waals surface area contributed by atoms with Crippen LogP contribution in [0.3, 0.4) is 0 Å². The van der Waals surface area contributed by atoms with Gasteiger partial charge in [-0.3, -0.25) is 20.1 Å². The first-order valence-electron chi connectivity index (χ1n) is 26.8. The second-order valence-electron chi connectivity index (χ2n) is 20.5. The quantitative estimate of drug-likeness (QED) is 0.0199. The third-order valence-electron chi connectivity index (χ3n) is 13.5. The standard InChI is InChI=1S/C30H36N4O6S.C26H24F3NO2.C8H5F3O.H3N/c1-30(2,3)40-29(35)33-16-15-22-17-27(39-19-21-11-7-5-8-12-21)26(38-4)18-24(22)25(33)20-41(36,37)28(31)34(32)23-13-9-6-10-14-23;1-31-24-16-21-20(15-25(24)32-17-18-7-3-2-4-8-18)13-14-30-23(21)12-11-19-9-5-6-10-22(19)26(27,28)29;9-8(10,11)7-4-2-1-3-6(7)5-12;/h5-14,17-18,25,31H,15-16,19-20,32H2,1-4H3;2-12,15-16,23,30H,13-14,17H2,1H3;1-5H;1H3/b;12-11+;;. The molecule has 2 atom stereocenters. The molecule has 0 saturated heterocycles. The smallest absolute Gasteiger partial charge is 0.417 e. The van der Waals surface area contributed by atoms with Crippen LogP contribution in [0, 0.1) is 5.41 Å². The van der Waals surface area contributed by atoms with Crippen LogP contribution in [0.2, 0.25) is 0 Å². The lowest BCUT2D eigenvalue weighted by molar-refractivity contribution is -0.138. The lowest BCUT2D eigenvalue weighted by Crippen LogP contribution is -2.48. The Labute approximate surface area is 496 Å². The SMILES string of the molecule is COc1cc2c(cc1OCc1ccccc1)CCN(C(=O)OC(C)(C)C)C2CS(=O)(=O)C(=N)N(N)c1ccccc1.COc1cc2c(cc1OCc1ccccc1)CCNC2/C=C/c1ccccc1C(F)(F)F.N.O=Cc1ccccc1C(F)(F)F. The number of rotatable bonds is 14. The highest BCUT2D eigenvalue weighted by Crippen LogP contribution is 2.41. The highest BCUT2D eigenvalue weighted by atomic mass is 32.2. The minimum atomic E-state index is -4.45. The van der Waals surface area contributed by atoms with E-state index in [1.54, 1.807) is 76.4 Å². The monoisotopic (exact) mass is 1210 g/mol. The number of aldehydes is 1. The molecule has 15 nitrogen and oxygen atoms in total. The Hall–Kier alpha value is -8.70. The van der Waals surface area contributed by atoms with Crippen molar-refractivity contribution in [1.82, 2.24) is 16.4 Å². The van der Waals surface area contributed by atoms with E-state index in [9.17, 15) is 44.3 Å². The van der Waals surface area contributed by atoms with E-state index in [1.165, 1.54) is 42.4 Å². The topological polar surface area (TPSA) is 218 Å². The maximum atomic E-state index is 13.6. The van der Waals surface area contributed by atoms with Gasteiger partial charge in [-0.25, -0.2) is 19.1 Å². The van der Waals surface area contributed by atoms with E-state index in [-0.39, 0.29) is 36.2 Å². The van der Waals surface area contributed by atoms with Crippen molar-refractivity contribution in [3.8, 4) is 23.0 Å². The third-order valence-corrected chi connectivity index (χ3v) is 15.0. The second kappa shape index (κ2) is 29.4. The van der Waals surface area contributed by atoms with Crippen LogP contribution in [-0.2, 0) is 53.0 Å². The van der Waals surface area contributed by atoms with Gasteiger partial charge >= 0.3 is 18.4 Å². The van der Waals surface area contributed by atoms with Gasteiger partial charge in [0.25, 0.3) is 0 Å². The summed E-state index contributed by atoms with van der Waals surface area (Å²) in [7, 11) is -1.19. The maximum absolute atomic E-state index is 13.6. The summed E-state index contributed by atoms with van der Waals surface area (Å²) < 4.78 is 132. The zero-order valence-electron chi connectivity index (χ0n) is 48.0. The Balaban J connectivity index is 0.000000232. The van der Waals surface area contributed by atoms with Crippen molar-refractivity contribution in [3.63, 3.8) is 0 Å². The Morgan fingerprint density at radius 1 is 0.674 bits per heavy atom. The highest BCUT2D eigenvalue weighted by molar-refractivity contribution is 8.06. The summed E-state index contributed by atoms with van der Waals surface area (Å²) in [5.74, 6) is 7.61. The molecule has 22 heteroatoms. The van der Waals surface area contributed by atoms with Crippen molar-refractivity contribution in [2.24, 2.45) is 5.84 Å². The van der Waals surface area contributed by atoms with Crippen LogP contribution in [-0.4, -0.2) is 69.5 Å². The van der Waals surface area contributed by atoms with Crippen LogP contribution in [0.1, 0.15) is 93.3 Å². The zero-order valence-corrected chi connectivity index (χ0v) is 48.8. The van der Waals surface area contributed by atoms with Gasteiger partial charge in [-0.15, -0.1) is 0 Å². The van der Waals surface area contributed by atoms with Gasteiger partial charge in [0.2, 0.25) is 15.0 Å². The number of fused-ring (bicyclic) bond motifs is 2. The number of benzene rings is 7. The predicted octanol–water partition coefficient (Wildman–Crippen LogP) is 13.7. The number of ether oxygens (including phenoxy) is 5. The van der Waals surface area contributed by atoms with Gasteiger partial charge in [-0.1, -0.05) is 127 Å². The summed E-state index contributed by atoms with van der Waals surface area (Å²) >= 11 is 0. The first-order chi connectivity index (χ1) is 40.4. The average molecular weight is 1210 g/mol. The summed E-state index contributed by atoms with van der Waals surface area (Å²) in [6.07, 6.45) is -4.75. The van der Waals surface area contributed by atoms with Gasteiger partial charge in [-0.2, -0.15) is 26.3 Å². The van der Waals surface area contributed by atoms with E-state index in [2.05, 4.69) is 5.32 Å². The normalized spacial score (nSPS) is 14.7. The summed E-state index contributed by atoms with van der Waals surface area (Å²) in [5.41, 5.74) is 3.32. The number of amides is 1. The van der Waals surface area contributed by atoms with Gasteiger partial charge in [0.05, 0.1) is 48.9 Å². The molecule has 2 heterocycles. The van der Waals surface area contributed by atoms with E-state index >= 15 is 0 Å². The molecule has 2 aliphatic heterocycles. The molecule has 456 valence electrons. The molecule has 2 aliphatic rings. The number of hydrogen-bond acceptors (Lipinski definition) is 13. The number of nitrogens with one attached hydrogen (secondary N) is 2. The number of methoxy groups -OCH3 is 2. The number of sulfone groups is 1.